The fourth-order valence-electron chi connectivity index (χ4n) is 1.83. The van der Waals surface area contributed by atoms with Gasteiger partial charge in [-0.3, -0.25) is 19.7 Å². The Kier molecular flexibility index (Phi) is 3.73. The van der Waals surface area contributed by atoms with Crippen molar-refractivity contribution in [3.63, 3.8) is 0 Å². The van der Waals surface area contributed by atoms with Crippen molar-refractivity contribution in [2.45, 2.75) is 31.7 Å². The molecule has 0 atom stereocenters. The molecule has 1 saturated carbocycles. The Bertz CT molecular complexity index is 333. The molecule has 1 saturated heterocycles. The minimum atomic E-state index is -0.833. The number of imide groups is 1. The number of amides is 3. The lowest BCUT2D eigenvalue weighted by atomic mass is 9.97. The maximum atomic E-state index is 11.7. The first-order valence-corrected chi connectivity index (χ1v) is 6.03. The average molecular weight is 239 g/mol. The van der Waals surface area contributed by atoms with Gasteiger partial charge in [-0.1, -0.05) is 0 Å². The molecule has 0 aromatic carbocycles. The standard InChI is InChI=1S/C11H17N3O3/c15-9(7-3-5-12-6-4-7)14-11(17)10(16)13-8-1-2-8/h7-8,12H,1-6H2,(H,13,16)(H,14,15,17). The van der Waals surface area contributed by atoms with E-state index in [4.69, 9.17) is 0 Å². The van der Waals surface area contributed by atoms with E-state index >= 15 is 0 Å². The average Bonchev–Trinajstić information content (AvgIpc) is 3.14. The van der Waals surface area contributed by atoms with Crippen LogP contribution in [-0.2, 0) is 14.4 Å². The van der Waals surface area contributed by atoms with E-state index in [1.165, 1.54) is 0 Å². The molecule has 6 heteroatoms. The Morgan fingerprint density at radius 1 is 0.941 bits per heavy atom. The van der Waals surface area contributed by atoms with Crippen molar-refractivity contribution < 1.29 is 14.4 Å². The molecule has 94 valence electrons. The van der Waals surface area contributed by atoms with Crippen LogP contribution in [0.15, 0.2) is 0 Å². The van der Waals surface area contributed by atoms with Crippen molar-refractivity contribution in [1.29, 1.82) is 0 Å². The minimum absolute atomic E-state index is 0.127. The number of hydrogen-bond acceptors (Lipinski definition) is 4. The zero-order chi connectivity index (χ0) is 12.3. The molecule has 0 spiro atoms. The highest BCUT2D eigenvalue weighted by Gasteiger charge is 2.29. The highest BCUT2D eigenvalue weighted by Crippen LogP contribution is 2.18. The number of carbonyl (C=O) groups is 3. The van der Waals surface area contributed by atoms with Crippen LogP contribution in [0.3, 0.4) is 0 Å². The molecule has 1 heterocycles. The number of nitrogens with one attached hydrogen (secondary N) is 3. The first kappa shape index (κ1) is 12.0. The third kappa shape index (κ3) is 3.52. The second kappa shape index (κ2) is 5.27. The Morgan fingerprint density at radius 2 is 1.59 bits per heavy atom. The molecule has 3 N–H and O–H groups in total. The van der Waals surface area contributed by atoms with Crippen LogP contribution < -0.4 is 16.0 Å². The van der Waals surface area contributed by atoms with Crippen molar-refractivity contribution in [3.05, 3.63) is 0 Å². The van der Waals surface area contributed by atoms with Crippen LogP contribution in [0.5, 0.6) is 0 Å². The van der Waals surface area contributed by atoms with Gasteiger partial charge < -0.3 is 10.6 Å². The fourth-order valence-corrected chi connectivity index (χ4v) is 1.83. The topological polar surface area (TPSA) is 87.3 Å². The SMILES string of the molecule is O=C(NC(=O)C1CCNCC1)C(=O)NC1CC1. The summed E-state index contributed by atoms with van der Waals surface area (Å²) < 4.78 is 0. The largest absolute Gasteiger partial charge is 0.345 e. The van der Waals surface area contributed by atoms with Gasteiger partial charge in [-0.05, 0) is 38.8 Å². The van der Waals surface area contributed by atoms with Gasteiger partial charge in [0.1, 0.15) is 0 Å². The molecule has 1 aliphatic carbocycles. The van der Waals surface area contributed by atoms with E-state index < -0.39 is 11.8 Å². The van der Waals surface area contributed by atoms with Crippen molar-refractivity contribution in [2.75, 3.05) is 13.1 Å². The summed E-state index contributed by atoms with van der Waals surface area (Å²) in [5.74, 6) is -2.02. The molecule has 1 aliphatic heterocycles. The summed E-state index contributed by atoms with van der Waals surface area (Å²) in [6.45, 7) is 1.56. The number of hydrogen-bond donors (Lipinski definition) is 3. The molecule has 0 aromatic heterocycles. The minimum Gasteiger partial charge on any atom is -0.345 e. The van der Waals surface area contributed by atoms with Gasteiger partial charge in [-0.15, -0.1) is 0 Å². The third-order valence-corrected chi connectivity index (χ3v) is 3.07. The highest BCUT2D eigenvalue weighted by molar-refractivity contribution is 6.37. The summed E-state index contributed by atoms with van der Waals surface area (Å²) >= 11 is 0. The Balaban J connectivity index is 1.76. The molecule has 3 amide bonds. The van der Waals surface area contributed by atoms with Gasteiger partial charge in [0.05, 0.1) is 0 Å². The van der Waals surface area contributed by atoms with Crippen LogP contribution >= 0.6 is 0 Å². The van der Waals surface area contributed by atoms with E-state index in [9.17, 15) is 14.4 Å². The van der Waals surface area contributed by atoms with Gasteiger partial charge in [-0.2, -0.15) is 0 Å². The van der Waals surface area contributed by atoms with Crippen molar-refractivity contribution in [3.8, 4) is 0 Å². The third-order valence-electron chi connectivity index (χ3n) is 3.07. The van der Waals surface area contributed by atoms with Crippen LogP contribution in [0.1, 0.15) is 25.7 Å². The molecule has 0 radical (unpaired) electrons. The van der Waals surface area contributed by atoms with Gasteiger partial charge in [0.2, 0.25) is 5.91 Å². The van der Waals surface area contributed by atoms with Gasteiger partial charge in [-0.25, -0.2) is 0 Å². The smallest absolute Gasteiger partial charge is 0.315 e. The first-order valence-electron chi connectivity index (χ1n) is 6.03. The van der Waals surface area contributed by atoms with E-state index in [1.807, 2.05) is 0 Å². The van der Waals surface area contributed by atoms with E-state index in [2.05, 4.69) is 16.0 Å². The maximum absolute atomic E-state index is 11.7. The second-order valence-corrected chi connectivity index (χ2v) is 4.59. The summed E-state index contributed by atoms with van der Waals surface area (Å²) in [5, 5.41) is 7.85. The van der Waals surface area contributed by atoms with Crippen molar-refractivity contribution in [1.82, 2.24) is 16.0 Å². The van der Waals surface area contributed by atoms with E-state index in [0.29, 0.717) is 12.8 Å². The van der Waals surface area contributed by atoms with Crippen LogP contribution in [0, 0.1) is 5.92 Å². The highest BCUT2D eigenvalue weighted by atomic mass is 16.2. The van der Waals surface area contributed by atoms with E-state index in [1.54, 1.807) is 0 Å². The molecule has 0 bridgehead atoms. The Labute approximate surface area is 99.5 Å². The first-order chi connectivity index (χ1) is 8.16. The van der Waals surface area contributed by atoms with Crippen LogP contribution in [-0.4, -0.2) is 36.9 Å². The fraction of sp³-hybridized carbons (Fsp3) is 0.727. The Morgan fingerprint density at radius 3 is 2.18 bits per heavy atom. The number of piperidine rings is 1. The number of rotatable bonds is 2. The second-order valence-electron chi connectivity index (χ2n) is 4.59. The lowest BCUT2D eigenvalue weighted by Crippen LogP contribution is -2.47. The lowest BCUT2D eigenvalue weighted by molar-refractivity contribution is -0.143. The zero-order valence-corrected chi connectivity index (χ0v) is 9.62. The summed E-state index contributed by atoms with van der Waals surface area (Å²) in [7, 11) is 0. The van der Waals surface area contributed by atoms with Gasteiger partial charge in [0.25, 0.3) is 0 Å². The molecular weight excluding hydrogens is 222 g/mol. The molecular formula is C11H17N3O3. The van der Waals surface area contributed by atoms with Crippen molar-refractivity contribution in [2.24, 2.45) is 5.92 Å². The predicted molar refractivity (Wildman–Crippen MR) is 59.9 cm³/mol. The lowest BCUT2D eigenvalue weighted by Gasteiger charge is -2.21. The van der Waals surface area contributed by atoms with Gasteiger partial charge in [0, 0.05) is 12.0 Å². The van der Waals surface area contributed by atoms with Crippen LogP contribution in [0.2, 0.25) is 0 Å². The predicted octanol–water partition coefficient (Wildman–Crippen LogP) is -1.09. The molecule has 2 rings (SSSR count). The van der Waals surface area contributed by atoms with E-state index in [0.717, 1.165) is 25.9 Å². The van der Waals surface area contributed by atoms with E-state index in [-0.39, 0.29) is 17.9 Å². The molecule has 0 unspecified atom stereocenters. The van der Waals surface area contributed by atoms with Gasteiger partial charge >= 0.3 is 11.8 Å². The molecule has 0 aromatic rings. The summed E-state index contributed by atoms with van der Waals surface area (Å²) in [6.07, 6.45) is 3.26. The van der Waals surface area contributed by atoms with Crippen LogP contribution in [0.4, 0.5) is 0 Å². The summed E-state index contributed by atoms with van der Waals surface area (Å²) in [5.41, 5.74) is 0. The van der Waals surface area contributed by atoms with Gasteiger partial charge in [0.15, 0.2) is 0 Å². The Hall–Kier alpha value is -1.43. The molecule has 6 nitrogen and oxygen atoms in total. The normalized spacial score (nSPS) is 20.7. The van der Waals surface area contributed by atoms with Crippen molar-refractivity contribution >= 4 is 17.7 Å². The zero-order valence-electron chi connectivity index (χ0n) is 9.62. The monoisotopic (exact) mass is 239 g/mol. The molecule has 2 aliphatic rings. The summed E-state index contributed by atoms with van der Waals surface area (Å²) in [4.78, 5) is 34.4. The maximum Gasteiger partial charge on any atom is 0.315 e. The van der Waals surface area contributed by atoms with Crippen LogP contribution in [0.25, 0.3) is 0 Å². The number of carbonyl (C=O) groups excluding carboxylic acids is 3. The summed E-state index contributed by atoms with van der Waals surface area (Å²) in [6, 6.07) is 0.127. The molecule has 17 heavy (non-hydrogen) atoms. The quantitative estimate of drug-likeness (QED) is 0.534. The molecule has 2 fully saturated rings.